The molecule has 0 heterocycles. The van der Waals surface area contributed by atoms with Gasteiger partial charge in [-0.2, -0.15) is 0 Å². The zero-order valence-corrected chi connectivity index (χ0v) is 17.1. The average Bonchev–Trinajstić information content (AvgIpc) is 2.58. The van der Waals surface area contributed by atoms with E-state index in [4.69, 9.17) is 0 Å². The fourth-order valence-electron chi connectivity index (χ4n) is 2.36. The molecule has 25 heavy (non-hydrogen) atoms. The maximum absolute atomic E-state index is 12.3. The standard InChI is InChI=1S/C18H21IN2O3S/c1-14(15-6-4-3-5-7-15)12-20-18(22)13-21(25(2,23)24)17-10-8-16(19)9-11-17/h3-11,14H,12-13H2,1-2H3,(H,20,22)/t14-/m1/s1. The highest BCUT2D eigenvalue weighted by atomic mass is 127. The molecule has 2 rings (SSSR count). The van der Waals surface area contributed by atoms with Gasteiger partial charge in [0, 0.05) is 10.1 Å². The van der Waals surface area contributed by atoms with Crippen molar-refractivity contribution in [1.82, 2.24) is 5.32 Å². The summed E-state index contributed by atoms with van der Waals surface area (Å²) in [5.74, 6) is -0.179. The summed E-state index contributed by atoms with van der Waals surface area (Å²) in [7, 11) is -3.55. The van der Waals surface area contributed by atoms with Crippen LogP contribution in [0.2, 0.25) is 0 Å². The van der Waals surface area contributed by atoms with Crippen LogP contribution in [0.4, 0.5) is 5.69 Å². The van der Waals surface area contributed by atoms with E-state index in [1.54, 1.807) is 12.1 Å². The van der Waals surface area contributed by atoms with Crippen LogP contribution < -0.4 is 9.62 Å². The number of amides is 1. The van der Waals surface area contributed by atoms with Gasteiger partial charge in [-0.15, -0.1) is 0 Å². The number of nitrogens with zero attached hydrogens (tertiary/aromatic N) is 1. The summed E-state index contributed by atoms with van der Waals surface area (Å²) in [6.45, 7) is 2.23. The second-order valence-corrected chi connectivity index (χ2v) is 9.01. The van der Waals surface area contributed by atoms with Gasteiger partial charge >= 0.3 is 0 Å². The van der Waals surface area contributed by atoms with Crippen LogP contribution in [0.1, 0.15) is 18.4 Å². The second kappa shape index (κ2) is 8.66. The number of nitrogens with one attached hydrogen (secondary N) is 1. The summed E-state index contributed by atoms with van der Waals surface area (Å²) in [5, 5.41) is 2.82. The Labute approximate surface area is 162 Å². The van der Waals surface area contributed by atoms with Gasteiger partial charge in [0.05, 0.1) is 11.9 Å². The van der Waals surface area contributed by atoms with E-state index in [1.165, 1.54) is 0 Å². The molecule has 7 heteroatoms. The minimum Gasteiger partial charge on any atom is -0.354 e. The molecule has 0 saturated heterocycles. The van der Waals surface area contributed by atoms with Crippen molar-refractivity contribution < 1.29 is 13.2 Å². The number of hydrogen-bond acceptors (Lipinski definition) is 3. The van der Waals surface area contributed by atoms with Gasteiger partial charge in [0.15, 0.2) is 0 Å². The van der Waals surface area contributed by atoms with Gasteiger partial charge in [0.2, 0.25) is 15.9 Å². The quantitative estimate of drug-likeness (QED) is 0.631. The summed E-state index contributed by atoms with van der Waals surface area (Å²) in [4.78, 5) is 12.3. The highest BCUT2D eigenvalue weighted by Gasteiger charge is 2.21. The SMILES string of the molecule is C[C@H](CNC(=O)CN(c1ccc(I)cc1)S(C)(=O)=O)c1ccccc1. The average molecular weight is 472 g/mol. The number of anilines is 1. The van der Waals surface area contributed by atoms with E-state index in [2.05, 4.69) is 27.9 Å². The molecule has 0 aliphatic carbocycles. The number of benzene rings is 2. The fourth-order valence-corrected chi connectivity index (χ4v) is 3.58. The lowest BCUT2D eigenvalue weighted by atomic mass is 10.0. The van der Waals surface area contributed by atoms with Gasteiger partial charge < -0.3 is 5.32 Å². The van der Waals surface area contributed by atoms with Crippen molar-refractivity contribution in [2.45, 2.75) is 12.8 Å². The van der Waals surface area contributed by atoms with Gasteiger partial charge in [-0.05, 0) is 58.3 Å². The highest BCUT2D eigenvalue weighted by Crippen LogP contribution is 2.19. The van der Waals surface area contributed by atoms with Gasteiger partial charge in [0.25, 0.3) is 0 Å². The largest absolute Gasteiger partial charge is 0.354 e. The van der Waals surface area contributed by atoms with E-state index < -0.39 is 10.0 Å². The van der Waals surface area contributed by atoms with Crippen molar-refractivity contribution in [3.8, 4) is 0 Å². The van der Waals surface area contributed by atoms with Gasteiger partial charge in [-0.25, -0.2) is 8.42 Å². The lowest BCUT2D eigenvalue weighted by Crippen LogP contribution is -2.41. The van der Waals surface area contributed by atoms with Crippen LogP contribution in [0.3, 0.4) is 0 Å². The van der Waals surface area contributed by atoms with Crippen LogP contribution in [-0.2, 0) is 14.8 Å². The maximum atomic E-state index is 12.3. The highest BCUT2D eigenvalue weighted by molar-refractivity contribution is 14.1. The zero-order chi connectivity index (χ0) is 18.4. The molecular weight excluding hydrogens is 451 g/mol. The third-order valence-corrected chi connectivity index (χ3v) is 5.64. The summed E-state index contributed by atoms with van der Waals surface area (Å²) in [6.07, 6.45) is 1.10. The third-order valence-electron chi connectivity index (χ3n) is 3.78. The van der Waals surface area contributed by atoms with Crippen molar-refractivity contribution in [3.63, 3.8) is 0 Å². The smallest absolute Gasteiger partial charge is 0.240 e. The van der Waals surface area contributed by atoms with Crippen LogP contribution in [0.15, 0.2) is 54.6 Å². The van der Waals surface area contributed by atoms with Crippen molar-refractivity contribution in [2.75, 3.05) is 23.7 Å². The van der Waals surface area contributed by atoms with Gasteiger partial charge in [-0.1, -0.05) is 37.3 Å². The topological polar surface area (TPSA) is 66.5 Å². The molecule has 0 aromatic heterocycles. The van der Waals surface area contributed by atoms with Crippen LogP contribution in [-0.4, -0.2) is 33.7 Å². The maximum Gasteiger partial charge on any atom is 0.240 e. The van der Waals surface area contributed by atoms with E-state index >= 15 is 0 Å². The zero-order valence-electron chi connectivity index (χ0n) is 14.1. The Kier molecular flexibility index (Phi) is 6.83. The molecule has 0 radical (unpaired) electrons. The van der Waals surface area contributed by atoms with E-state index in [0.29, 0.717) is 12.2 Å². The first-order valence-corrected chi connectivity index (χ1v) is 10.7. The number of rotatable bonds is 7. The molecule has 0 aliphatic rings. The predicted octanol–water partition coefficient (Wildman–Crippen LogP) is 2.98. The van der Waals surface area contributed by atoms with E-state index in [-0.39, 0.29) is 18.4 Å². The van der Waals surface area contributed by atoms with Crippen molar-refractivity contribution >= 4 is 44.2 Å². The Hall–Kier alpha value is -1.61. The van der Waals surface area contributed by atoms with E-state index in [1.807, 2.05) is 49.4 Å². The lowest BCUT2D eigenvalue weighted by Gasteiger charge is -2.22. The molecular formula is C18H21IN2O3S. The van der Waals surface area contributed by atoms with Crippen LogP contribution in [0.25, 0.3) is 0 Å². The van der Waals surface area contributed by atoms with Crippen molar-refractivity contribution in [2.24, 2.45) is 0 Å². The number of carbonyl (C=O) groups is 1. The number of halogens is 1. The first kappa shape index (κ1) is 19.7. The molecule has 1 atom stereocenters. The molecule has 0 unspecified atom stereocenters. The number of hydrogen-bond donors (Lipinski definition) is 1. The van der Waals surface area contributed by atoms with Crippen LogP contribution >= 0.6 is 22.6 Å². The Morgan fingerprint density at radius 3 is 2.28 bits per heavy atom. The molecule has 134 valence electrons. The summed E-state index contributed by atoms with van der Waals surface area (Å²) >= 11 is 2.15. The van der Waals surface area contributed by atoms with E-state index in [9.17, 15) is 13.2 Å². The molecule has 0 aliphatic heterocycles. The molecule has 0 fully saturated rings. The minimum absolute atomic E-state index is 0.148. The first-order valence-electron chi connectivity index (χ1n) is 7.82. The molecule has 0 spiro atoms. The Balaban J connectivity index is 2.01. The molecule has 2 aromatic carbocycles. The van der Waals surface area contributed by atoms with Crippen molar-refractivity contribution in [1.29, 1.82) is 0 Å². The minimum atomic E-state index is -3.55. The number of sulfonamides is 1. The summed E-state index contributed by atoms with van der Waals surface area (Å²) in [5.41, 5.74) is 1.61. The van der Waals surface area contributed by atoms with Crippen LogP contribution in [0.5, 0.6) is 0 Å². The normalized spacial score (nSPS) is 12.4. The Morgan fingerprint density at radius 1 is 1.12 bits per heavy atom. The lowest BCUT2D eigenvalue weighted by molar-refractivity contribution is -0.119. The molecule has 1 amide bonds. The molecule has 1 N–H and O–H groups in total. The monoisotopic (exact) mass is 472 g/mol. The predicted molar refractivity (Wildman–Crippen MR) is 109 cm³/mol. The van der Waals surface area contributed by atoms with Gasteiger partial charge in [-0.3, -0.25) is 9.10 Å². The Morgan fingerprint density at radius 2 is 1.72 bits per heavy atom. The third kappa shape index (κ3) is 6.00. The van der Waals surface area contributed by atoms with Crippen molar-refractivity contribution in [3.05, 3.63) is 63.7 Å². The molecule has 0 bridgehead atoms. The summed E-state index contributed by atoms with van der Waals surface area (Å²) < 4.78 is 26.2. The number of carbonyl (C=O) groups excluding carboxylic acids is 1. The molecule has 5 nitrogen and oxygen atoms in total. The Bertz CT molecular complexity index is 808. The van der Waals surface area contributed by atoms with Crippen LogP contribution in [0, 0.1) is 3.57 Å². The fraction of sp³-hybridized carbons (Fsp3) is 0.278. The van der Waals surface area contributed by atoms with E-state index in [0.717, 1.165) is 19.7 Å². The summed E-state index contributed by atoms with van der Waals surface area (Å²) in [6, 6.07) is 16.9. The molecule has 2 aromatic rings. The second-order valence-electron chi connectivity index (χ2n) is 5.86. The van der Waals surface area contributed by atoms with Gasteiger partial charge in [0.1, 0.15) is 6.54 Å². The first-order chi connectivity index (χ1) is 11.8. The molecule has 0 saturated carbocycles.